The van der Waals surface area contributed by atoms with Gasteiger partial charge in [0.1, 0.15) is 5.75 Å². The van der Waals surface area contributed by atoms with Gasteiger partial charge in [0.25, 0.3) is 0 Å². The van der Waals surface area contributed by atoms with Crippen LogP contribution < -0.4 is 15.9 Å². The fraction of sp³-hybridized carbons (Fsp3) is 0.211. The van der Waals surface area contributed by atoms with Crippen LogP contribution in [0.15, 0.2) is 133 Å². The summed E-state index contributed by atoms with van der Waals surface area (Å²) in [6, 6.07) is 46.9. The van der Waals surface area contributed by atoms with Crippen LogP contribution in [-0.2, 0) is 12.8 Å². The molecular formula is C38H41OP. The van der Waals surface area contributed by atoms with E-state index in [2.05, 4.69) is 123 Å². The van der Waals surface area contributed by atoms with E-state index in [0.717, 1.165) is 12.8 Å². The van der Waals surface area contributed by atoms with E-state index in [0.29, 0.717) is 5.75 Å². The molecule has 0 radical (unpaired) electrons. The Kier molecular flexibility index (Phi) is 11.6. The summed E-state index contributed by atoms with van der Waals surface area (Å²) >= 11 is 0. The first kappa shape index (κ1) is 29.3. The van der Waals surface area contributed by atoms with Crippen molar-refractivity contribution in [3.8, 4) is 16.9 Å². The summed E-state index contributed by atoms with van der Waals surface area (Å²) in [5.74, 6) is 0.323. The zero-order valence-corrected chi connectivity index (χ0v) is 24.7. The SMILES string of the molecule is CCCCc1ccc(P(c2ccc(O)cc2)c2ccc(CCCC)cc2)cc1.c1ccc(-c2ccccc2)cc1. The summed E-state index contributed by atoms with van der Waals surface area (Å²) in [4.78, 5) is 0. The van der Waals surface area contributed by atoms with Crippen molar-refractivity contribution >= 4 is 23.8 Å². The third-order valence-corrected chi connectivity index (χ3v) is 9.46. The van der Waals surface area contributed by atoms with Gasteiger partial charge in [0, 0.05) is 0 Å². The Morgan fingerprint density at radius 3 is 1.15 bits per heavy atom. The lowest BCUT2D eigenvalue weighted by atomic mass is 10.1. The standard InChI is InChI=1S/C26H31OP.C12H10/c1-3-5-7-21-9-15-24(16-10-21)28(26-19-13-23(27)14-20-26)25-17-11-22(12-18-25)8-6-4-2;1-3-7-11(8-4-1)12-9-5-2-6-10-12/h9-20,27H,3-8H2,1-2H3;1-10H. The largest absolute Gasteiger partial charge is 0.508 e. The van der Waals surface area contributed by atoms with Gasteiger partial charge in [-0.1, -0.05) is 148 Å². The van der Waals surface area contributed by atoms with Crippen LogP contribution in [0.3, 0.4) is 0 Å². The molecule has 5 aromatic carbocycles. The second-order valence-electron chi connectivity index (χ2n) is 10.1. The molecule has 2 heteroatoms. The van der Waals surface area contributed by atoms with Crippen molar-refractivity contribution in [1.82, 2.24) is 0 Å². The average molecular weight is 545 g/mol. The summed E-state index contributed by atoms with van der Waals surface area (Å²) < 4.78 is 0. The first-order chi connectivity index (χ1) is 19.7. The van der Waals surface area contributed by atoms with Crippen molar-refractivity contribution in [1.29, 1.82) is 0 Å². The number of aryl methyl sites for hydroxylation is 2. The maximum Gasteiger partial charge on any atom is 0.115 e. The van der Waals surface area contributed by atoms with Crippen molar-refractivity contribution < 1.29 is 5.11 Å². The van der Waals surface area contributed by atoms with Crippen molar-refractivity contribution in [2.75, 3.05) is 0 Å². The summed E-state index contributed by atoms with van der Waals surface area (Å²) in [5.41, 5.74) is 5.39. The number of aromatic hydroxyl groups is 1. The molecule has 0 atom stereocenters. The monoisotopic (exact) mass is 544 g/mol. The van der Waals surface area contributed by atoms with E-state index < -0.39 is 7.92 Å². The van der Waals surface area contributed by atoms with Gasteiger partial charge in [-0.15, -0.1) is 0 Å². The molecule has 0 fully saturated rings. The molecule has 0 aliphatic heterocycles. The maximum atomic E-state index is 9.72. The van der Waals surface area contributed by atoms with Crippen molar-refractivity contribution in [2.45, 2.75) is 52.4 Å². The summed E-state index contributed by atoms with van der Waals surface area (Å²) in [5, 5.41) is 13.7. The van der Waals surface area contributed by atoms with Gasteiger partial charge in [0.2, 0.25) is 0 Å². The molecule has 0 saturated carbocycles. The lowest BCUT2D eigenvalue weighted by molar-refractivity contribution is 0.475. The minimum Gasteiger partial charge on any atom is -0.508 e. The zero-order chi connectivity index (χ0) is 28.0. The first-order valence-corrected chi connectivity index (χ1v) is 15.9. The molecule has 1 nitrogen and oxygen atoms in total. The van der Waals surface area contributed by atoms with Gasteiger partial charge in [-0.05, 0) is 83.9 Å². The molecule has 0 spiro atoms. The molecule has 40 heavy (non-hydrogen) atoms. The topological polar surface area (TPSA) is 20.2 Å². The minimum absolute atomic E-state index is 0.323. The molecule has 0 aliphatic rings. The van der Waals surface area contributed by atoms with E-state index in [1.165, 1.54) is 63.9 Å². The summed E-state index contributed by atoms with van der Waals surface area (Å²) in [6.45, 7) is 4.48. The lowest BCUT2D eigenvalue weighted by Gasteiger charge is -2.20. The van der Waals surface area contributed by atoms with Crippen molar-refractivity contribution in [3.63, 3.8) is 0 Å². The van der Waals surface area contributed by atoms with Gasteiger partial charge in [0.15, 0.2) is 0 Å². The zero-order valence-electron chi connectivity index (χ0n) is 23.8. The fourth-order valence-corrected chi connectivity index (χ4v) is 6.93. The molecule has 0 bridgehead atoms. The van der Waals surface area contributed by atoms with Gasteiger partial charge < -0.3 is 5.11 Å². The molecule has 0 saturated heterocycles. The number of phenolic OH excluding ortho intramolecular Hbond substituents is 1. The normalized spacial score (nSPS) is 10.7. The van der Waals surface area contributed by atoms with Crippen LogP contribution in [-0.4, -0.2) is 5.11 Å². The van der Waals surface area contributed by atoms with Crippen molar-refractivity contribution in [2.24, 2.45) is 0 Å². The summed E-state index contributed by atoms with van der Waals surface area (Å²) in [6.07, 6.45) is 7.25. The quantitative estimate of drug-likeness (QED) is 0.174. The molecule has 0 aromatic heterocycles. The van der Waals surface area contributed by atoms with E-state index >= 15 is 0 Å². The van der Waals surface area contributed by atoms with E-state index in [4.69, 9.17) is 0 Å². The Morgan fingerprint density at radius 2 is 0.800 bits per heavy atom. The Morgan fingerprint density at radius 1 is 0.450 bits per heavy atom. The molecule has 1 N–H and O–H groups in total. The number of hydrogen-bond acceptors (Lipinski definition) is 1. The number of phenols is 1. The Bertz CT molecular complexity index is 1290. The predicted octanol–water partition coefficient (Wildman–Crippen LogP) is 9.19. The number of unbranched alkanes of at least 4 members (excludes halogenated alkanes) is 2. The molecule has 5 rings (SSSR count). The number of benzene rings is 5. The van der Waals surface area contributed by atoms with Crippen LogP contribution >= 0.6 is 7.92 Å². The van der Waals surface area contributed by atoms with Gasteiger partial charge in [0.05, 0.1) is 0 Å². The first-order valence-electron chi connectivity index (χ1n) is 14.6. The van der Waals surface area contributed by atoms with E-state index in [9.17, 15) is 5.11 Å². The molecule has 0 heterocycles. The minimum atomic E-state index is -0.620. The third kappa shape index (κ3) is 8.67. The molecule has 0 amide bonds. The Balaban J connectivity index is 0.000000255. The highest BCUT2D eigenvalue weighted by Gasteiger charge is 2.16. The van der Waals surface area contributed by atoms with E-state index in [1.54, 1.807) is 12.1 Å². The van der Waals surface area contributed by atoms with Crippen LogP contribution in [0.1, 0.15) is 50.7 Å². The average Bonchev–Trinajstić information content (AvgIpc) is 3.02. The van der Waals surface area contributed by atoms with Crippen LogP contribution in [0.2, 0.25) is 0 Å². The Hall–Kier alpha value is -3.67. The van der Waals surface area contributed by atoms with Crippen LogP contribution in [0.4, 0.5) is 0 Å². The van der Waals surface area contributed by atoms with Crippen LogP contribution in [0.25, 0.3) is 11.1 Å². The van der Waals surface area contributed by atoms with Gasteiger partial charge >= 0.3 is 0 Å². The lowest BCUT2D eigenvalue weighted by Crippen LogP contribution is -2.20. The molecule has 0 unspecified atom stereocenters. The molecular weight excluding hydrogens is 503 g/mol. The van der Waals surface area contributed by atoms with Gasteiger partial charge in [-0.2, -0.15) is 0 Å². The van der Waals surface area contributed by atoms with Gasteiger partial charge in [-0.3, -0.25) is 0 Å². The van der Waals surface area contributed by atoms with E-state index in [1.807, 2.05) is 12.1 Å². The predicted molar refractivity (Wildman–Crippen MR) is 176 cm³/mol. The highest BCUT2D eigenvalue weighted by Crippen LogP contribution is 2.33. The maximum absolute atomic E-state index is 9.72. The van der Waals surface area contributed by atoms with E-state index in [-0.39, 0.29) is 0 Å². The highest BCUT2D eigenvalue weighted by atomic mass is 31.1. The van der Waals surface area contributed by atoms with Crippen molar-refractivity contribution in [3.05, 3.63) is 145 Å². The molecule has 204 valence electrons. The molecule has 0 aliphatic carbocycles. The fourth-order valence-electron chi connectivity index (χ4n) is 4.70. The Labute approximate surface area is 242 Å². The number of rotatable bonds is 10. The number of hydrogen-bond donors (Lipinski definition) is 1. The second-order valence-corrected chi connectivity index (χ2v) is 12.3. The van der Waals surface area contributed by atoms with Crippen LogP contribution in [0, 0.1) is 0 Å². The van der Waals surface area contributed by atoms with Gasteiger partial charge in [-0.25, -0.2) is 0 Å². The third-order valence-electron chi connectivity index (χ3n) is 7.02. The highest BCUT2D eigenvalue weighted by molar-refractivity contribution is 7.79. The smallest absolute Gasteiger partial charge is 0.115 e. The second kappa shape index (κ2) is 15.8. The van der Waals surface area contributed by atoms with Crippen LogP contribution in [0.5, 0.6) is 5.75 Å². The summed E-state index contributed by atoms with van der Waals surface area (Å²) in [7, 11) is -0.620. The molecule has 5 aromatic rings.